The molecule has 3 aromatic carbocycles. The lowest BCUT2D eigenvalue weighted by atomic mass is 9.97. The second-order valence-corrected chi connectivity index (χ2v) is 10.6. The number of nitrogens with one attached hydrogen (secondary N) is 3. The molecule has 5 rings (SSSR count). The Morgan fingerprint density at radius 2 is 1.56 bits per heavy atom. The molecule has 0 fully saturated rings. The van der Waals surface area contributed by atoms with E-state index >= 15 is 0 Å². The average molecular weight is 583 g/mol. The first-order chi connectivity index (χ1) is 20.7. The van der Waals surface area contributed by atoms with E-state index in [9.17, 15) is 19.2 Å². The van der Waals surface area contributed by atoms with Crippen LogP contribution < -0.4 is 20.7 Å². The van der Waals surface area contributed by atoms with Crippen LogP contribution >= 0.6 is 0 Å². The number of ether oxygens (including phenoxy) is 1. The Kier molecular flexibility index (Phi) is 10.5. The number of amides is 3. The lowest BCUT2D eigenvalue weighted by Gasteiger charge is -2.34. The maximum atomic E-state index is 14.2. The van der Waals surface area contributed by atoms with Gasteiger partial charge in [-0.05, 0) is 56.7 Å². The predicted molar refractivity (Wildman–Crippen MR) is 165 cm³/mol. The maximum absolute atomic E-state index is 14.2. The van der Waals surface area contributed by atoms with Crippen LogP contribution in [0.2, 0.25) is 0 Å². The van der Waals surface area contributed by atoms with E-state index < -0.39 is 47.7 Å². The van der Waals surface area contributed by atoms with Gasteiger partial charge in [-0.25, -0.2) is 0 Å². The van der Waals surface area contributed by atoms with Crippen molar-refractivity contribution in [2.75, 3.05) is 7.05 Å². The monoisotopic (exact) mass is 582 g/mol. The van der Waals surface area contributed by atoms with Crippen LogP contribution in [0, 0.1) is 0 Å². The smallest absolute Gasteiger partial charge is 0.247 e. The minimum atomic E-state index is -1.31. The Morgan fingerprint density at radius 1 is 0.930 bits per heavy atom. The lowest BCUT2D eigenvalue weighted by Crippen LogP contribution is -2.60. The van der Waals surface area contributed by atoms with E-state index in [0.717, 1.165) is 5.56 Å². The van der Waals surface area contributed by atoms with E-state index in [1.54, 1.807) is 79.5 Å². The molecular weight excluding hydrogens is 544 g/mol. The van der Waals surface area contributed by atoms with Crippen LogP contribution in [0.3, 0.4) is 0 Å². The zero-order valence-electron chi connectivity index (χ0n) is 24.8. The van der Waals surface area contributed by atoms with Crippen molar-refractivity contribution in [2.45, 2.75) is 57.5 Å². The third-order valence-corrected chi connectivity index (χ3v) is 7.66. The number of hydrogen-bond acceptors (Lipinski definition) is 6. The molecule has 2 aliphatic heterocycles. The number of ketones is 1. The number of rotatable bonds is 8. The van der Waals surface area contributed by atoms with Crippen molar-refractivity contribution in [3.63, 3.8) is 0 Å². The van der Waals surface area contributed by atoms with Crippen LogP contribution in [0.15, 0.2) is 91.1 Å². The third kappa shape index (κ3) is 7.75. The number of fused-ring (bicyclic) bond motifs is 10. The third-order valence-electron chi connectivity index (χ3n) is 7.66. The first-order valence-electron chi connectivity index (χ1n) is 14.4. The number of carbonyl (C=O) groups is 4. The molecular formula is C34H38N4O5. The van der Waals surface area contributed by atoms with Crippen molar-refractivity contribution < 1.29 is 23.9 Å². The number of nitrogens with zero attached hydrogens (tertiary/aromatic N) is 1. The largest absolute Gasteiger partial charge is 0.483 e. The number of likely N-dealkylation sites (N-methyl/N-ethyl adjacent to an activating group) is 1. The highest BCUT2D eigenvalue weighted by atomic mass is 16.5. The first-order valence-corrected chi connectivity index (χ1v) is 14.4. The molecule has 3 N–H and O–H groups in total. The maximum Gasteiger partial charge on any atom is 0.247 e. The minimum Gasteiger partial charge on any atom is -0.483 e. The molecule has 0 saturated heterocycles. The summed E-state index contributed by atoms with van der Waals surface area (Å²) in [6.45, 7) is 5.46. The molecule has 2 heterocycles. The summed E-state index contributed by atoms with van der Waals surface area (Å²) in [5.41, 5.74) is 1.83. The van der Waals surface area contributed by atoms with Crippen LogP contribution in [0.25, 0.3) is 6.08 Å². The molecule has 224 valence electrons. The van der Waals surface area contributed by atoms with Crippen molar-refractivity contribution in [2.24, 2.45) is 0 Å². The number of Topliss-reactive ketones (excluding diaryl/α,β-unsaturated/α-hetero) is 1. The van der Waals surface area contributed by atoms with Crippen LogP contribution in [0.5, 0.6) is 5.75 Å². The van der Waals surface area contributed by atoms with Gasteiger partial charge < -0.3 is 20.7 Å². The van der Waals surface area contributed by atoms with Gasteiger partial charge in [-0.3, -0.25) is 24.1 Å². The Morgan fingerprint density at radius 3 is 2.19 bits per heavy atom. The van der Waals surface area contributed by atoms with Gasteiger partial charge in [-0.2, -0.15) is 0 Å². The van der Waals surface area contributed by atoms with Gasteiger partial charge in [0.2, 0.25) is 17.7 Å². The fourth-order valence-corrected chi connectivity index (χ4v) is 4.79. The van der Waals surface area contributed by atoms with Crippen molar-refractivity contribution >= 4 is 29.6 Å². The molecule has 0 spiro atoms. The number of hydrogen-bond donors (Lipinski definition) is 3. The average Bonchev–Trinajstić information content (AvgIpc) is 3.03. The molecule has 5 unspecified atom stereocenters. The summed E-state index contributed by atoms with van der Waals surface area (Å²) >= 11 is 0. The Balaban J connectivity index is 1.78. The molecule has 9 heteroatoms. The standard InChI is InChI=1S/C34H38N4O5/c1-5-22(2)38(4)29(30(39)25-12-8-6-9-13-25)34(42)37-28-31(26-14-10-7-11-15-26)43-27-18-16-24(17-19-27)20-21-35-32(40)23(3)36-33(28)41/h6-23,28-29,31H,5H2,1-4H3,(H,35,40)(H,36,41)(H,37,42). The lowest BCUT2D eigenvalue weighted by molar-refractivity contribution is -0.135. The fourth-order valence-electron chi connectivity index (χ4n) is 4.79. The number of benzene rings is 3. The molecule has 2 aliphatic rings. The fraction of sp³-hybridized carbons (Fsp3) is 0.294. The van der Waals surface area contributed by atoms with Crippen molar-refractivity contribution in [1.82, 2.24) is 20.9 Å². The molecule has 0 aliphatic carbocycles. The summed E-state index contributed by atoms with van der Waals surface area (Å²) in [6.07, 6.45) is 2.94. The van der Waals surface area contributed by atoms with Crippen molar-refractivity contribution in [1.29, 1.82) is 0 Å². The molecule has 0 saturated carbocycles. The summed E-state index contributed by atoms with van der Waals surface area (Å²) < 4.78 is 6.40. The Bertz CT molecular complexity index is 1440. The summed E-state index contributed by atoms with van der Waals surface area (Å²) in [5, 5.41) is 8.24. The first kappa shape index (κ1) is 31.2. The molecule has 3 amide bonds. The number of carbonyl (C=O) groups excluding carboxylic acids is 4. The van der Waals surface area contributed by atoms with Gasteiger partial charge in [-0.1, -0.05) is 79.7 Å². The van der Waals surface area contributed by atoms with Gasteiger partial charge in [0.15, 0.2) is 17.9 Å². The van der Waals surface area contributed by atoms with E-state index in [4.69, 9.17) is 4.74 Å². The molecule has 3 aromatic rings. The highest BCUT2D eigenvalue weighted by molar-refractivity contribution is 6.14. The van der Waals surface area contributed by atoms with E-state index in [1.807, 2.05) is 44.2 Å². The van der Waals surface area contributed by atoms with E-state index in [-0.39, 0.29) is 6.04 Å². The highest BCUT2D eigenvalue weighted by Gasteiger charge is 2.40. The summed E-state index contributed by atoms with van der Waals surface area (Å²) in [7, 11) is 1.72. The normalized spacial score (nSPS) is 20.3. The Labute approximate surface area is 252 Å². The van der Waals surface area contributed by atoms with E-state index in [0.29, 0.717) is 23.3 Å². The van der Waals surface area contributed by atoms with Crippen molar-refractivity contribution in [3.05, 3.63) is 108 Å². The summed E-state index contributed by atoms with van der Waals surface area (Å²) in [5.74, 6) is -1.65. The van der Waals surface area contributed by atoms with Gasteiger partial charge in [0.05, 0.1) is 0 Å². The minimum absolute atomic E-state index is 0.113. The van der Waals surface area contributed by atoms with Crippen LogP contribution in [-0.2, 0) is 14.4 Å². The Hall–Kier alpha value is -4.76. The summed E-state index contributed by atoms with van der Waals surface area (Å²) in [6, 6.07) is 21.2. The second kappa shape index (κ2) is 14.4. The highest BCUT2D eigenvalue weighted by Crippen LogP contribution is 2.27. The summed E-state index contributed by atoms with van der Waals surface area (Å²) in [4.78, 5) is 56.4. The molecule has 2 bridgehead atoms. The molecule has 9 nitrogen and oxygen atoms in total. The van der Waals surface area contributed by atoms with Gasteiger partial charge in [-0.15, -0.1) is 0 Å². The topological polar surface area (TPSA) is 117 Å². The van der Waals surface area contributed by atoms with Gasteiger partial charge in [0.25, 0.3) is 0 Å². The molecule has 43 heavy (non-hydrogen) atoms. The van der Waals surface area contributed by atoms with Crippen molar-refractivity contribution in [3.8, 4) is 5.75 Å². The zero-order valence-corrected chi connectivity index (χ0v) is 24.8. The quantitative estimate of drug-likeness (QED) is 0.274. The predicted octanol–water partition coefficient (Wildman–Crippen LogP) is 3.88. The van der Waals surface area contributed by atoms with Crippen LogP contribution in [0.4, 0.5) is 0 Å². The zero-order chi connectivity index (χ0) is 30.9. The molecule has 5 atom stereocenters. The SMILES string of the molecule is CCC(C)N(C)C(C(=O)NC1C(=O)NC(C)C(=O)NC=Cc2ccc(cc2)OC1c1ccccc1)C(=O)c1ccccc1. The molecule has 0 radical (unpaired) electrons. The van der Waals surface area contributed by atoms with Gasteiger partial charge in [0, 0.05) is 17.8 Å². The van der Waals surface area contributed by atoms with E-state index in [1.165, 1.54) is 6.20 Å². The van der Waals surface area contributed by atoms with Crippen LogP contribution in [-0.4, -0.2) is 59.6 Å². The molecule has 0 aromatic heterocycles. The van der Waals surface area contributed by atoms with E-state index in [2.05, 4.69) is 16.0 Å². The second-order valence-electron chi connectivity index (χ2n) is 10.6. The van der Waals surface area contributed by atoms with Gasteiger partial charge in [0.1, 0.15) is 17.8 Å². The van der Waals surface area contributed by atoms with Gasteiger partial charge >= 0.3 is 0 Å². The van der Waals surface area contributed by atoms with Crippen LogP contribution in [0.1, 0.15) is 54.8 Å².